The molecule has 1 aliphatic heterocycles. The summed E-state index contributed by atoms with van der Waals surface area (Å²) >= 11 is 0. The van der Waals surface area contributed by atoms with E-state index in [1.807, 2.05) is 34.9 Å². The van der Waals surface area contributed by atoms with Gasteiger partial charge in [-0.25, -0.2) is 18.7 Å². The van der Waals surface area contributed by atoms with Gasteiger partial charge in [0, 0.05) is 25.9 Å². The third kappa shape index (κ3) is 3.74. The van der Waals surface area contributed by atoms with Crippen molar-refractivity contribution in [2.45, 2.75) is 31.6 Å². The van der Waals surface area contributed by atoms with Crippen LogP contribution in [-0.2, 0) is 19.2 Å². The third-order valence-electron chi connectivity index (χ3n) is 5.94. The molecule has 9 nitrogen and oxygen atoms in total. The van der Waals surface area contributed by atoms with Gasteiger partial charge < -0.3 is 15.0 Å². The third-order valence-corrected chi connectivity index (χ3v) is 8.09. The van der Waals surface area contributed by atoms with E-state index in [9.17, 15) is 4.21 Å². The normalized spacial score (nSPS) is 19.4. The van der Waals surface area contributed by atoms with Crippen molar-refractivity contribution in [3.05, 3.63) is 36.0 Å². The molecule has 10 heteroatoms. The van der Waals surface area contributed by atoms with Crippen molar-refractivity contribution in [2.75, 3.05) is 43.3 Å². The Morgan fingerprint density at radius 2 is 2.00 bits per heavy atom. The van der Waals surface area contributed by atoms with E-state index in [1.165, 1.54) is 6.26 Å². The van der Waals surface area contributed by atoms with Crippen LogP contribution in [0.2, 0.25) is 0 Å². The number of hydrogen-bond acceptors (Lipinski definition) is 8. The lowest BCUT2D eigenvalue weighted by Gasteiger charge is -2.35. The van der Waals surface area contributed by atoms with Gasteiger partial charge in [-0.15, -0.1) is 0 Å². The quantitative estimate of drug-likeness (QED) is 0.624. The number of nitrogens with one attached hydrogen (secondary N) is 2. The standard InChI is InChI=1S/C21H29N7O2S/c1-14-13-30-11-10-27(14)18-12-17(21(2,3)31(5,22)29)25-20(26-18)28-16-9-7-6-8-15(16)24-19(28)23-4/h6-9,12,14,22H,10-11,13H2,1-5H3,(H,23,24)/t14-,31+/m1/s1. The lowest BCUT2D eigenvalue weighted by Crippen LogP contribution is -2.44. The Hall–Kier alpha value is -2.72. The molecule has 3 heterocycles. The van der Waals surface area contributed by atoms with Crippen LogP contribution >= 0.6 is 0 Å². The first-order valence-electron chi connectivity index (χ1n) is 10.3. The first-order valence-corrected chi connectivity index (χ1v) is 12.2. The zero-order valence-corrected chi connectivity index (χ0v) is 19.4. The molecule has 0 amide bonds. The first kappa shape index (κ1) is 21.5. The molecule has 0 unspecified atom stereocenters. The summed E-state index contributed by atoms with van der Waals surface area (Å²) in [6.07, 6.45) is 1.46. The van der Waals surface area contributed by atoms with E-state index in [2.05, 4.69) is 22.1 Å². The monoisotopic (exact) mass is 443 g/mol. The van der Waals surface area contributed by atoms with Gasteiger partial charge in [0.1, 0.15) is 5.82 Å². The number of para-hydroxylation sites is 2. The average molecular weight is 444 g/mol. The largest absolute Gasteiger partial charge is 0.377 e. The fourth-order valence-electron chi connectivity index (χ4n) is 3.64. The van der Waals surface area contributed by atoms with Gasteiger partial charge in [0.15, 0.2) is 0 Å². The van der Waals surface area contributed by atoms with Crippen LogP contribution in [0.5, 0.6) is 0 Å². The zero-order valence-electron chi connectivity index (χ0n) is 18.5. The number of fused-ring (bicyclic) bond motifs is 1. The fraction of sp³-hybridized carbons (Fsp3) is 0.476. The topological polar surface area (TPSA) is 109 Å². The van der Waals surface area contributed by atoms with Gasteiger partial charge in [0.2, 0.25) is 11.9 Å². The maximum atomic E-state index is 12.8. The van der Waals surface area contributed by atoms with Crippen LogP contribution in [-0.4, -0.2) is 62.8 Å². The lowest BCUT2D eigenvalue weighted by molar-refractivity contribution is 0.0985. The van der Waals surface area contributed by atoms with Crippen molar-refractivity contribution >= 4 is 32.5 Å². The maximum absolute atomic E-state index is 12.8. The Morgan fingerprint density at radius 1 is 1.26 bits per heavy atom. The molecule has 2 aromatic heterocycles. The van der Waals surface area contributed by atoms with Crippen LogP contribution < -0.4 is 10.2 Å². The molecular weight excluding hydrogens is 414 g/mol. The molecule has 2 N–H and O–H groups in total. The molecule has 1 aromatic carbocycles. The highest BCUT2D eigenvalue weighted by atomic mass is 32.2. The minimum atomic E-state index is -2.93. The summed E-state index contributed by atoms with van der Waals surface area (Å²) in [5, 5.41) is 3.12. The zero-order chi connectivity index (χ0) is 22.4. The predicted molar refractivity (Wildman–Crippen MR) is 124 cm³/mol. The molecule has 0 radical (unpaired) electrons. The number of benzene rings is 1. The summed E-state index contributed by atoms with van der Waals surface area (Å²) in [6, 6.07) is 9.79. The van der Waals surface area contributed by atoms with E-state index in [0.717, 1.165) is 16.9 Å². The van der Waals surface area contributed by atoms with Crippen molar-refractivity contribution in [3.8, 4) is 5.95 Å². The highest BCUT2D eigenvalue weighted by Gasteiger charge is 2.34. The van der Waals surface area contributed by atoms with Gasteiger partial charge in [0.05, 0.1) is 50.5 Å². The van der Waals surface area contributed by atoms with Crippen LogP contribution in [0, 0.1) is 4.78 Å². The summed E-state index contributed by atoms with van der Waals surface area (Å²) in [5.41, 5.74) is 2.25. The SMILES string of the molecule is CNc1nc2ccccc2n1-c1nc(N2CCOC[C@H]2C)cc(C(C)(C)[S@@](C)(=N)=O)n1. The van der Waals surface area contributed by atoms with Crippen LogP contribution in [0.15, 0.2) is 30.3 Å². The van der Waals surface area contributed by atoms with Crippen LogP contribution in [0.4, 0.5) is 11.8 Å². The summed E-state index contributed by atoms with van der Waals surface area (Å²) in [7, 11) is -1.13. The molecule has 31 heavy (non-hydrogen) atoms. The molecule has 1 fully saturated rings. The van der Waals surface area contributed by atoms with Gasteiger partial charge in [-0.1, -0.05) is 12.1 Å². The van der Waals surface area contributed by atoms with E-state index < -0.39 is 14.5 Å². The Morgan fingerprint density at radius 3 is 2.68 bits per heavy atom. The molecular formula is C21H29N7O2S. The number of rotatable bonds is 5. The van der Waals surface area contributed by atoms with Crippen molar-refractivity contribution in [3.63, 3.8) is 0 Å². The Balaban J connectivity index is 1.99. The highest BCUT2D eigenvalue weighted by molar-refractivity contribution is 7.92. The van der Waals surface area contributed by atoms with E-state index in [1.54, 1.807) is 20.9 Å². The van der Waals surface area contributed by atoms with Gasteiger partial charge in [0.25, 0.3) is 0 Å². The number of nitrogens with zero attached hydrogens (tertiary/aromatic N) is 5. The van der Waals surface area contributed by atoms with E-state index in [0.29, 0.717) is 37.3 Å². The molecule has 3 aromatic rings. The fourth-order valence-corrected chi connectivity index (χ4v) is 4.14. The maximum Gasteiger partial charge on any atom is 0.239 e. The summed E-state index contributed by atoms with van der Waals surface area (Å²) in [6.45, 7) is 7.60. The first-order chi connectivity index (χ1) is 14.6. The van der Waals surface area contributed by atoms with Crippen molar-refractivity contribution in [1.29, 1.82) is 4.78 Å². The average Bonchev–Trinajstić information content (AvgIpc) is 3.11. The second-order valence-corrected chi connectivity index (χ2v) is 11.1. The van der Waals surface area contributed by atoms with Gasteiger partial charge in [-0.3, -0.25) is 4.78 Å². The molecule has 0 aliphatic carbocycles. The van der Waals surface area contributed by atoms with Crippen molar-refractivity contribution < 1.29 is 8.95 Å². The predicted octanol–water partition coefficient (Wildman–Crippen LogP) is 2.99. The molecule has 166 valence electrons. The van der Waals surface area contributed by atoms with Crippen molar-refractivity contribution in [2.24, 2.45) is 0 Å². The summed E-state index contributed by atoms with van der Waals surface area (Å²) in [4.78, 5) is 16.5. The van der Waals surface area contributed by atoms with Gasteiger partial charge in [-0.05, 0) is 32.9 Å². The molecule has 1 saturated heterocycles. The number of imidazole rings is 1. The van der Waals surface area contributed by atoms with E-state index >= 15 is 0 Å². The molecule has 0 bridgehead atoms. The Labute approximate surface area is 182 Å². The Kier molecular flexibility index (Phi) is 5.38. The minimum absolute atomic E-state index is 0.137. The second kappa shape index (κ2) is 7.76. The lowest BCUT2D eigenvalue weighted by atomic mass is 10.1. The molecule has 0 saturated carbocycles. The van der Waals surface area contributed by atoms with Gasteiger partial charge >= 0.3 is 0 Å². The highest BCUT2D eigenvalue weighted by Crippen LogP contribution is 2.33. The Bertz CT molecular complexity index is 1220. The summed E-state index contributed by atoms with van der Waals surface area (Å²) < 4.78 is 27.6. The smallest absolute Gasteiger partial charge is 0.239 e. The number of anilines is 2. The number of ether oxygens (including phenoxy) is 1. The molecule has 0 spiro atoms. The minimum Gasteiger partial charge on any atom is -0.377 e. The van der Waals surface area contributed by atoms with Crippen LogP contribution in [0.25, 0.3) is 17.0 Å². The van der Waals surface area contributed by atoms with Gasteiger partial charge in [-0.2, -0.15) is 4.98 Å². The number of aromatic nitrogens is 4. The second-order valence-electron chi connectivity index (χ2n) is 8.39. The summed E-state index contributed by atoms with van der Waals surface area (Å²) in [5.74, 6) is 1.77. The number of morpholine rings is 1. The molecule has 1 aliphatic rings. The molecule has 2 atom stereocenters. The molecule has 4 rings (SSSR count). The van der Waals surface area contributed by atoms with E-state index in [4.69, 9.17) is 19.5 Å². The van der Waals surface area contributed by atoms with E-state index in [-0.39, 0.29) is 6.04 Å². The number of hydrogen-bond donors (Lipinski definition) is 2. The van der Waals surface area contributed by atoms with Crippen LogP contribution in [0.3, 0.4) is 0 Å². The van der Waals surface area contributed by atoms with Crippen molar-refractivity contribution in [1.82, 2.24) is 19.5 Å². The van der Waals surface area contributed by atoms with Crippen LogP contribution in [0.1, 0.15) is 26.5 Å².